The molecule has 0 aliphatic carbocycles. The van der Waals surface area contributed by atoms with E-state index in [1.54, 1.807) is 0 Å². The Kier molecular flexibility index (Phi) is 4.10. The van der Waals surface area contributed by atoms with Crippen LogP contribution in [-0.2, 0) is 11.3 Å². The van der Waals surface area contributed by atoms with Crippen LogP contribution in [0.2, 0.25) is 0 Å². The second kappa shape index (κ2) is 5.58. The lowest BCUT2D eigenvalue weighted by atomic mass is 9.87. The van der Waals surface area contributed by atoms with E-state index in [2.05, 4.69) is 29.1 Å². The van der Waals surface area contributed by atoms with Gasteiger partial charge in [-0.1, -0.05) is 0 Å². The van der Waals surface area contributed by atoms with Gasteiger partial charge in [0.25, 0.3) is 0 Å². The molecule has 0 radical (unpaired) electrons. The normalized spacial score (nSPS) is 24.4. The quantitative estimate of drug-likeness (QED) is 0.823. The first-order valence-corrected chi connectivity index (χ1v) is 6.09. The highest BCUT2D eigenvalue weighted by atomic mass is 16.5. The highest BCUT2D eigenvalue weighted by Gasteiger charge is 2.34. The van der Waals surface area contributed by atoms with Crippen LogP contribution in [0.3, 0.4) is 0 Å². The van der Waals surface area contributed by atoms with E-state index in [-0.39, 0.29) is 5.41 Å². The Balaban J connectivity index is 1.90. The SMILES string of the molecule is CN(Cc1ccncc1)CC1(CN)CCOC1. The molecule has 1 aliphatic heterocycles. The van der Waals surface area contributed by atoms with E-state index in [1.807, 2.05) is 12.4 Å². The van der Waals surface area contributed by atoms with Crippen LogP contribution in [0.1, 0.15) is 12.0 Å². The lowest BCUT2D eigenvalue weighted by Gasteiger charge is -2.31. The zero-order chi connectivity index (χ0) is 12.1. The molecule has 1 saturated heterocycles. The molecule has 0 spiro atoms. The number of hydrogen-bond donors (Lipinski definition) is 1. The van der Waals surface area contributed by atoms with Crippen molar-refractivity contribution in [3.63, 3.8) is 0 Å². The van der Waals surface area contributed by atoms with Crippen LogP contribution in [0.4, 0.5) is 0 Å². The zero-order valence-electron chi connectivity index (χ0n) is 10.4. The summed E-state index contributed by atoms with van der Waals surface area (Å²) in [6.45, 7) is 4.27. The standard InChI is InChI=1S/C13H21N3O/c1-16(8-12-2-5-15-6-3-12)10-13(9-14)4-7-17-11-13/h2-3,5-6H,4,7-11,14H2,1H3. The van der Waals surface area contributed by atoms with Crippen LogP contribution in [-0.4, -0.2) is 43.2 Å². The van der Waals surface area contributed by atoms with Gasteiger partial charge < -0.3 is 15.4 Å². The fourth-order valence-electron chi connectivity index (χ4n) is 2.43. The molecular formula is C13H21N3O. The van der Waals surface area contributed by atoms with Crippen molar-refractivity contribution in [1.82, 2.24) is 9.88 Å². The molecule has 4 nitrogen and oxygen atoms in total. The van der Waals surface area contributed by atoms with E-state index < -0.39 is 0 Å². The molecule has 0 bridgehead atoms. The van der Waals surface area contributed by atoms with Crippen LogP contribution in [0.5, 0.6) is 0 Å². The van der Waals surface area contributed by atoms with Crippen LogP contribution >= 0.6 is 0 Å². The van der Waals surface area contributed by atoms with Gasteiger partial charge in [-0.15, -0.1) is 0 Å². The number of rotatable bonds is 5. The minimum absolute atomic E-state index is 0.155. The van der Waals surface area contributed by atoms with Crippen LogP contribution < -0.4 is 5.73 Å². The Bertz CT molecular complexity index is 336. The summed E-state index contributed by atoms with van der Waals surface area (Å²) < 4.78 is 5.49. The van der Waals surface area contributed by atoms with Crippen molar-refractivity contribution in [1.29, 1.82) is 0 Å². The Morgan fingerprint density at radius 1 is 1.47 bits per heavy atom. The second-order valence-corrected chi connectivity index (χ2v) is 5.03. The van der Waals surface area contributed by atoms with Crippen LogP contribution in [0.15, 0.2) is 24.5 Å². The second-order valence-electron chi connectivity index (χ2n) is 5.03. The monoisotopic (exact) mass is 235 g/mol. The number of hydrogen-bond acceptors (Lipinski definition) is 4. The van der Waals surface area contributed by atoms with E-state index in [9.17, 15) is 0 Å². The van der Waals surface area contributed by atoms with E-state index in [0.29, 0.717) is 6.54 Å². The average Bonchev–Trinajstić information content (AvgIpc) is 2.79. The third-order valence-corrected chi connectivity index (χ3v) is 3.43. The Morgan fingerprint density at radius 3 is 2.82 bits per heavy atom. The van der Waals surface area contributed by atoms with E-state index in [4.69, 9.17) is 10.5 Å². The highest BCUT2D eigenvalue weighted by Crippen LogP contribution is 2.28. The molecule has 17 heavy (non-hydrogen) atoms. The lowest BCUT2D eigenvalue weighted by molar-refractivity contribution is 0.123. The summed E-state index contributed by atoms with van der Waals surface area (Å²) >= 11 is 0. The van der Waals surface area contributed by atoms with E-state index in [0.717, 1.165) is 32.7 Å². The van der Waals surface area contributed by atoms with Crippen LogP contribution in [0, 0.1) is 5.41 Å². The Labute approximate surface area is 103 Å². The van der Waals surface area contributed by atoms with Crippen LogP contribution in [0.25, 0.3) is 0 Å². The molecule has 1 unspecified atom stereocenters. The van der Waals surface area contributed by atoms with E-state index >= 15 is 0 Å². The predicted octanol–water partition coefficient (Wildman–Crippen LogP) is 0.879. The molecule has 1 aromatic heterocycles. The Hall–Kier alpha value is -0.970. The van der Waals surface area contributed by atoms with Gasteiger partial charge in [0.1, 0.15) is 0 Å². The fraction of sp³-hybridized carbons (Fsp3) is 0.615. The molecule has 4 heteroatoms. The maximum atomic E-state index is 5.89. The molecule has 0 saturated carbocycles. The molecule has 1 aromatic rings. The lowest BCUT2D eigenvalue weighted by Crippen LogP contribution is -2.41. The summed E-state index contributed by atoms with van der Waals surface area (Å²) in [5, 5.41) is 0. The van der Waals surface area contributed by atoms with Crippen molar-refractivity contribution in [2.24, 2.45) is 11.1 Å². The maximum Gasteiger partial charge on any atom is 0.0547 e. The van der Waals surface area contributed by atoms with Gasteiger partial charge in [0.05, 0.1) is 6.61 Å². The van der Waals surface area contributed by atoms with Gasteiger partial charge in [-0.2, -0.15) is 0 Å². The predicted molar refractivity (Wildman–Crippen MR) is 67.5 cm³/mol. The number of aromatic nitrogens is 1. The smallest absolute Gasteiger partial charge is 0.0547 e. The number of nitrogens with two attached hydrogens (primary N) is 1. The molecule has 0 aromatic carbocycles. The summed E-state index contributed by atoms with van der Waals surface area (Å²) in [6, 6.07) is 4.10. The molecule has 2 N–H and O–H groups in total. The third kappa shape index (κ3) is 3.25. The first kappa shape index (κ1) is 12.5. The molecule has 0 amide bonds. The van der Waals surface area contributed by atoms with Gasteiger partial charge in [0.15, 0.2) is 0 Å². The van der Waals surface area contributed by atoms with E-state index in [1.165, 1.54) is 5.56 Å². The minimum atomic E-state index is 0.155. The van der Waals surface area contributed by atoms with Crippen molar-refractivity contribution >= 4 is 0 Å². The summed E-state index contributed by atoms with van der Waals surface area (Å²) in [5.74, 6) is 0. The number of ether oxygens (including phenoxy) is 1. The Morgan fingerprint density at radius 2 is 2.24 bits per heavy atom. The molecule has 2 heterocycles. The molecule has 94 valence electrons. The van der Waals surface area contributed by atoms with Gasteiger partial charge in [-0.3, -0.25) is 4.98 Å². The molecular weight excluding hydrogens is 214 g/mol. The maximum absolute atomic E-state index is 5.89. The largest absolute Gasteiger partial charge is 0.381 e. The summed E-state index contributed by atoms with van der Waals surface area (Å²) in [7, 11) is 2.14. The van der Waals surface area contributed by atoms with Gasteiger partial charge in [0, 0.05) is 44.0 Å². The topological polar surface area (TPSA) is 51.4 Å². The van der Waals surface area contributed by atoms with Crippen molar-refractivity contribution in [2.45, 2.75) is 13.0 Å². The first-order valence-electron chi connectivity index (χ1n) is 6.09. The molecule has 2 rings (SSSR count). The first-order chi connectivity index (χ1) is 8.24. The van der Waals surface area contributed by atoms with Crippen molar-refractivity contribution in [2.75, 3.05) is 33.4 Å². The average molecular weight is 235 g/mol. The molecule has 1 atom stereocenters. The van der Waals surface area contributed by atoms with Gasteiger partial charge in [-0.05, 0) is 31.2 Å². The summed E-state index contributed by atoms with van der Waals surface area (Å²) in [6.07, 6.45) is 4.74. The zero-order valence-corrected chi connectivity index (χ0v) is 10.4. The molecule has 1 aliphatic rings. The third-order valence-electron chi connectivity index (χ3n) is 3.43. The van der Waals surface area contributed by atoms with Gasteiger partial charge >= 0.3 is 0 Å². The summed E-state index contributed by atoms with van der Waals surface area (Å²) in [5.41, 5.74) is 7.33. The number of pyridine rings is 1. The fourth-order valence-corrected chi connectivity index (χ4v) is 2.43. The van der Waals surface area contributed by atoms with Gasteiger partial charge in [0.2, 0.25) is 0 Å². The van der Waals surface area contributed by atoms with Crippen molar-refractivity contribution in [3.05, 3.63) is 30.1 Å². The summed E-state index contributed by atoms with van der Waals surface area (Å²) in [4.78, 5) is 6.34. The highest BCUT2D eigenvalue weighted by molar-refractivity contribution is 5.09. The minimum Gasteiger partial charge on any atom is -0.381 e. The van der Waals surface area contributed by atoms with Crippen molar-refractivity contribution < 1.29 is 4.74 Å². The number of nitrogens with zero attached hydrogens (tertiary/aromatic N) is 2. The molecule has 1 fully saturated rings. The van der Waals surface area contributed by atoms with Gasteiger partial charge in [-0.25, -0.2) is 0 Å². The van der Waals surface area contributed by atoms with Crippen molar-refractivity contribution in [3.8, 4) is 0 Å².